The highest BCUT2D eigenvalue weighted by Crippen LogP contribution is 2.24. The average Bonchev–Trinajstić information content (AvgIpc) is 2.46. The van der Waals surface area contributed by atoms with E-state index in [9.17, 15) is 5.11 Å². The van der Waals surface area contributed by atoms with Gasteiger partial charge in [0.15, 0.2) is 0 Å². The van der Waals surface area contributed by atoms with Crippen LogP contribution in [0.15, 0.2) is 18.2 Å². The number of para-hydroxylation sites is 1. The Morgan fingerprint density at radius 1 is 1.50 bits per heavy atom. The number of nitrogens with two attached hydrogens (primary N) is 1. The van der Waals surface area contributed by atoms with Crippen molar-refractivity contribution in [2.45, 2.75) is 6.42 Å². The number of hydrogen-bond acceptors (Lipinski definition) is 3. The lowest BCUT2D eigenvalue weighted by atomic mass is 10.3. The summed E-state index contributed by atoms with van der Waals surface area (Å²) in [5.41, 5.74) is 7.06. The molecule has 0 fully saturated rings. The first-order chi connectivity index (χ1) is 6.74. The van der Waals surface area contributed by atoms with Gasteiger partial charge in [0.05, 0.1) is 5.52 Å². The van der Waals surface area contributed by atoms with Gasteiger partial charge < -0.3 is 15.4 Å². The molecule has 2 rings (SSSR count). The number of benzene rings is 1. The highest BCUT2D eigenvalue weighted by Gasteiger charge is 2.09. The van der Waals surface area contributed by atoms with Gasteiger partial charge in [-0.25, -0.2) is 4.98 Å². The summed E-state index contributed by atoms with van der Waals surface area (Å²) in [7, 11) is 1.89. The molecule has 3 N–H and O–H groups in total. The molecule has 0 amide bonds. The molecule has 0 saturated carbocycles. The number of fused-ring (bicyclic) bond motifs is 1. The van der Waals surface area contributed by atoms with Crippen molar-refractivity contribution in [2.75, 3.05) is 6.54 Å². The van der Waals surface area contributed by atoms with Gasteiger partial charge in [-0.05, 0) is 18.7 Å². The van der Waals surface area contributed by atoms with Crippen LogP contribution in [-0.4, -0.2) is 21.2 Å². The Hall–Kier alpha value is -1.55. The molecule has 0 spiro atoms. The first-order valence-corrected chi connectivity index (χ1v) is 4.57. The highest BCUT2D eigenvalue weighted by molar-refractivity contribution is 5.82. The number of aryl methyl sites for hydroxylation is 1. The van der Waals surface area contributed by atoms with E-state index in [1.807, 2.05) is 17.7 Å². The second kappa shape index (κ2) is 3.31. The third-order valence-corrected chi connectivity index (χ3v) is 2.33. The predicted molar refractivity (Wildman–Crippen MR) is 55.1 cm³/mol. The first-order valence-electron chi connectivity index (χ1n) is 4.57. The smallest absolute Gasteiger partial charge is 0.141 e. The molecular formula is C10H13N3O. The minimum Gasteiger partial charge on any atom is -0.506 e. The first kappa shape index (κ1) is 9.02. The van der Waals surface area contributed by atoms with Crippen LogP contribution < -0.4 is 5.73 Å². The monoisotopic (exact) mass is 191 g/mol. The van der Waals surface area contributed by atoms with E-state index in [4.69, 9.17) is 5.73 Å². The van der Waals surface area contributed by atoms with E-state index in [-0.39, 0.29) is 5.75 Å². The predicted octanol–water partition coefficient (Wildman–Crippen LogP) is 0.780. The molecule has 14 heavy (non-hydrogen) atoms. The van der Waals surface area contributed by atoms with Crippen LogP contribution in [0.4, 0.5) is 0 Å². The summed E-state index contributed by atoms with van der Waals surface area (Å²) >= 11 is 0. The molecule has 74 valence electrons. The molecule has 0 aliphatic rings. The van der Waals surface area contributed by atoms with Gasteiger partial charge in [-0.1, -0.05) is 6.07 Å². The van der Waals surface area contributed by atoms with Crippen LogP contribution in [0.3, 0.4) is 0 Å². The van der Waals surface area contributed by atoms with Gasteiger partial charge in [0.1, 0.15) is 17.1 Å². The van der Waals surface area contributed by atoms with Gasteiger partial charge in [0.2, 0.25) is 0 Å². The van der Waals surface area contributed by atoms with E-state index in [0.29, 0.717) is 6.54 Å². The van der Waals surface area contributed by atoms with Crippen molar-refractivity contribution in [1.29, 1.82) is 0 Å². The normalized spacial score (nSPS) is 11.0. The molecule has 0 radical (unpaired) electrons. The topological polar surface area (TPSA) is 64.1 Å². The maximum Gasteiger partial charge on any atom is 0.141 e. The second-order valence-electron chi connectivity index (χ2n) is 3.27. The fourth-order valence-corrected chi connectivity index (χ4v) is 1.65. The third-order valence-electron chi connectivity index (χ3n) is 2.33. The molecule has 4 heteroatoms. The number of rotatable bonds is 2. The van der Waals surface area contributed by atoms with Gasteiger partial charge in [0, 0.05) is 13.5 Å². The fraction of sp³-hybridized carbons (Fsp3) is 0.300. The van der Waals surface area contributed by atoms with Crippen molar-refractivity contribution in [3.63, 3.8) is 0 Å². The van der Waals surface area contributed by atoms with Crippen LogP contribution in [0.2, 0.25) is 0 Å². The Labute approximate surface area is 82.0 Å². The lowest BCUT2D eigenvalue weighted by Gasteiger charge is -2.00. The highest BCUT2D eigenvalue weighted by atomic mass is 16.3. The van der Waals surface area contributed by atoms with Crippen LogP contribution in [0.25, 0.3) is 11.0 Å². The quantitative estimate of drug-likeness (QED) is 0.737. The molecule has 2 aromatic rings. The summed E-state index contributed by atoms with van der Waals surface area (Å²) in [6, 6.07) is 5.34. The van der Waals surface area contributed by atoms with Crippen LogP contribution in [0.5, 0.6) is 5.75 Å². The maximum atomic E-state index is 9.64. The summed E-state index contributed by atoms with van der Waals surface area (Å²) in [4.78, 5) is 4.39. The molecule has 4 nitrogen and oxygen atoms in total. The lowest BCUT2D eigenvalue weighted by molar-refractivity contribution is 0.478. The van der Waals surface area contributed by atoms with Crippen LogP contribution in [0.1, 0.15) is 5.82 Å². The van der Waals surface area contributed by atoms with Gasteiger partial charge in [-0.2, -0.15) is 0 Å². The number of hydrogen-bond donors (Lipinski definition) is 2. The minimum absolute atomic E-state index is 0.265. The zero-order valence-corrected chi connectivity index (χ0v) is 8.07. The Kier molecular flexibility index (Phi) is 2.13. The standard InChI is InChI=1S/C10H13N3O/c1-13-9(5-6-11)12-7-3-2-4-8(14)10(7)13/h2-4,14H,5-6,11H2,1H3. The molecule has 1 aromatic heterocycles. The second-order valence-corrected chi connectivity index (χ2v) is 3.27. The Morgan fingerprint density at radius 3 is 2.93 bits per heavy atom. The van der Waals surface area contributed by atoms with E-state index < -0.39 is 0 Å². The zero-order chi connectivity index (χ0) is 10.1. The summed E-state index contributed by atoms with van der Waals surface area (Å²) in [6.07, 6.45) is 0.727. The maximum absolute atomic E-state index is 9.64. The van der Waals surface area contributed by atoms with Gasteiger partial charge in [-0.3, -0.25) is 0 Å². The molecule has 0 aliphatic heterocycles. The number of aromatic nitrogens is 2. The minimum atomic E-state index is 0.265. The number of phenols is 1. The molecule has 0 aliphatic carbocycles. The lowest BCUT2D eigenvalue weighted by Crippen LogP contribution is -2.07. The van der Waals surface area contributed by atoms with E-state index in [2.05, 4.69) is 4.98 Å². The van der Waals surface area contributed by atoms with Crippen molar-refractivity contribution in [3.8, 4) is 5.75 Å². The Bertz CT molecular complexity index is 462. The third kappa shape index (κ3) is 1.24. The van der Waals surface area contributed by atoms with Gasteiger partial charge in [-0.15, -0.1) is 0 Å². The number of imidazole rings is 1. The van der Waals surface area contributed by atoms with Crippen molar-refractivity contribution in [3.05, 3.63) is 24.0 Å². The number of phenolic OH excluding ortho intramolecular Hbond substituents is 1. The molecule has 0 atom stereocenters. The van der Waals surface area contributed by atoms with E-state index in [1.165, 1.54) is 0 Å². The molecular weight excluding hydrogens is 178 g/mol. The molecule has 1 aromatic carbocycles. The summed E-state index contributed by atoms with van der Waals surface area (Å²) in [6.45, 7) is 0.567. The van der Waals surface area contributed by atoms with Gasteiger partial charge >= 0.3 is 0 Å². The summed E-state index contributed by atoms with van der Waals surface area (Å²) in [5, 5.41) is 9.64. The molecule has 1 heterocycles. The van der Waals surface area contributed by atoms with Crippen LogP contribution in [-0.2, 0) is 13.5 Å². The molecule has 0 unspecified atom stereocenters. The fourth-order valence-electron chi connectivity index (χ4n) is 1.65. The van der Waals surface area contributed by atoms with E-state index >= 15 is 0 Å². The van der Waals surface area contributed by atoms with E-state index in [1.54, 1.807) is 12.1 Å². The van der Waals surface area contributed by atoms with Crippen LogP contribution in [0, 0.1) is 0 Å². The number of nitrogens with zero attached hydrogens (tertiary/aromatic N) is 2. The van der Waals surface area contributed by atoms with Crippen molar-refractivity contribution in [2.24, 2.45) is 12.8 Å². The largest absolute Gasteiger partial charge is 0.506 e. The van der Waals surface area contributed by atoms with Crippen LogP contribution >= 0.6 is 0 Å². The van der Waals surface area contributed by atoms with Crippen molar-refractivity contribution >= 4 is 11.0 Å². The van der Waals surface area contributed by atoms with E-state index in [0.717, 1.165) is 23.3 Å². The Morgan fingerprint density at radius 2 is 2.29 bits per heavy atom. The summed E-state index contributed by atoms with van der Waals surface area (Å²) < 4.78 is 1.89. The molecule has 0 bridgehead atoms. The van der Waals surface area contributed by atoms with Crippen molar-refractivity contribution in [1.82, 2.24) is 9.55 Å². The SMILES string of the molecule is Cn1c(CCN)nc2cccc(O)c21. The zero-order valence-electron chi connectivity index (χ0n) is 8.07. The Balaban J connectivity index is 2.68. The molecule has 0 saturated heterocycles. The average molecular weight is 191 g/mol. The summed E-state index contributed by atoms with van der Waals surface area (Å²) in [5.74, 6) is 1.17. The number of aromatic hydroxyl groups is 1. The van der Waals surface area contributed by atoms with Crippen molar-refractivity contribution < 1.29 is 5.11 Å². The van der Waals surface area contributed by atoms with Gasteiger partial charge in [0.25, 0.3) is 0 Å².